The standard InChI is InChI=1S/C14H16F3N3O3/c1-8-11(14(15,16)17)4-9-6-23-7-10-5-19(13(21)22)2-3-20(10)12(9)18-8/h4,10H,2-3,5-7H2,1H3,(H,21,22)/t10-/m1/s1. The Balaban J connectivity index is 1.97. The number of carboxylic acid groups (broad SMARTS) is 1. The van der Waals surface area contributed by atoms with Gasteiger partial charge in [0, 0.05) is 25.2 Å². The molecule has 2 aliphatic heterocycles. The van der Waals surface area contributed by atoms with Crippen molar-refractivity contribution in [3.8, 4) is 0 Å². The number of aryl methyl sites for hydroxylation is 1. The number of hydrogen-bond acceptors (Lipinski definition) is 4. The summed E-state index contributed by atoms with van der Waals surface area (Å²) in [5.41, 5.74) is -0.464. The van der Waals surface area contributed by atoms with Gasteiger partial charge in [0.2, 0.25) is 0 Å². The lowest BCUT2D eigenvalue weighted by Gasteiger charge is -2.40. The van der Waals surface area contributed by atoms with Crippen LogP contribution in [-0.4, -0.2) is 53.4 Å². The lowest BCUT2D eigenvalue weighted by molar-refractivity contribution is -0.138. The zero-order valence-corrected chi connectivity index (χ0v) is 12.4. The van der Waals surface area contributed by atoms with Crippen LogP contribution in [0.25, 0.3) is 0 Å². The predicted octanol–water partition coefficient (Wildman–Crippen LogP) is 2.11. The first-order valence-electron chi connectivity index (χ1n) is 7.17. The molecule has 1 fully saturated rings. The van der Waals surface area contributed by atoms with E-state index in [9.17, 15) is 18.0 Å². The highest BCUT2D eigenvalue weighted by molar-refractivity contribution is 5.66. The third-order valence-corrected chi connectivity index (χ3v) is 4.17. The van der Waals surface area contributed by atoms with Gasteiger partial charge in [0.1, 0.15) is 5.82 Å². The fraction of sp³-hybridized carbons (Fsp3) is 0.571. The molecule has 3 heterocycles. The summed E-state index contributed by atoms with van der Waals surface area (Å²) in [6, 6.07) is 0.841. The Kier molecular flexibility index (Phi) is 3.83. The van der Waals surface area contributed by atoms with Crippen molar-refractivity contribution in [3.63, 3.8) is 0 Å². The Morgan fingerprint density at radius 1 is 1.43 bits per heavy atom. The molecule has 1 aromatic heterocycles. The lowest BCUT2D eigenvalue weighted by atomic mass is 10.1. The number of halogens is 3. The lowest BCUT2D eigenvalue weighted by Crippen LogP contribution is -2.56. The molecule has 0 radical (unpaired) electrons. The first-order chi connectivity index (χ1) is 10.8. The van der Waals surface area contributed by atoms with Crippen LogP contribution in [-0.2, 0) is 17.5 Å². The Labute approximate surface area is 130 Å². The number of ether oxygens (including phenoxy) is 1. The minimum atomic E-state index is -4.46. The van der Waals surface area contributed by atoms with E-state index in [2.05, 4.69) is 4.98 Å². The number of alkyl halides is 3. The number of hydrogen-bond donors (Lipinski definition) is 1. The van der Waals surface area contributed by atoms with Gasteiger partial charge in [-0.25, -0.2) is 9.78 Å². The summed E-state index contributed by atoms with van der Waals surface area (Å²) >= 11 is 0. The van der Waals surface area contributed by atoms with Crippen molar-refractivity contribution >= 4 is 11.9 Å². The Morgan fingerprint density at radius 2 is 2.17 bits per heavy atom. The van der Waals surface area contributed by atoms with Crippen LogP contribution < -0.4 is 4.90 Å². The molecule has 0 spiro atoms. The van der Waals surface area contributed by atoms with E-state index in [-0.39, 0.29) is 38.0 Å². The molecule has 1 N–H and O–H groups in total. The molecule has 1 saturated heterocycles. The topological polar surface area (TPSA) is 65.9 Å². The highest BCUT2D eigenvalue weighted by Crippen LogP contribution is 2.36. The maximum absolute atomic E-state index is 13.0. The zero-order chi connectivity index (χ0) is 16.8. The molecule has 126 valence electrons. The number of pyridine rings is 1. The second-order valence-corrected chi connectivity index (χ2v) is 5.69. The second-order valence-electron chi connectivity index (χ2n) is 5.69. The van der Waals surface area contributed by atoms with Crippen LogP contribution in [0.15, 0.2) is 6.07 Å². The second kappa shape index (κ2) is 5.55. The molecule has 0 saturated carbocycles. The third kappa shape index (κ3) is 2.92. The smallest absolute Gasteiger partial charge is 0.418 e. The average Bonchev–Trinajstić information content (AvgIpc) is 2.63. The maximum Gasteiger partial charge on any atom is 0.418 e. The van der Waals surface area contributed by atoms with Gasteiger partial charge >= 0.3 is 12.3 Å². The van der Waals surface area contributed by atoms with Gasteiger partial charge in [-0.05, 0) is 13.0 Å². The highest BCUT2D eigenvalue weighted by atomic mass is 19.4. The van der Waals surface area contributed by atoms with Gasteiger partial charge in [-0.15, -0.1) is 0 Å². The monoisotopic (exact) mass is 331 g/mol. The average molecular weight is 331 g/mol. The summed E-state index contributed by atoms with van der Waals surface area (Å²) < 4.78 is 44.5. The first-order valence-corrected chi connectivity index (χ1v) is 7.17. The quantitative estimate of drug-likeness (QED) is 0.789. The highest BCUT2D eigenvalue weighted by Gasteiger charge is 2.37. The maximum atomic E-state index is 13.0. The molecule has 0 aromatic carbocycles. The van der Waals surface area contributed by atoms with E-state index >= 15 is 0 Å². The minimum absolute atomic E-state index is 0.0335. The van der Waals surface area contributed by atoms with Gasteiger partial charge in [0.25, 0.3) is 0 Å². The fourth-order valence-corrected chi connectivity index (χ4v) is 3.03. The normalized spacial score (nSPS) is 21.5. The van der Waals surface area contributed by atoms with Gasteiger partial charge < -0.3 is 19.6 Å². The van der Waals surface area contributed by atoms with Crippen molar-refractivity contribution in [1.29, 1.82) is 0 Å². The van der Waals surface area contributed by atoms with Crippen LogP contribution >= 0.6 is 0 Å². The van der Waals surface area contributed by atoms with Crippen molar-refractivity contribution in [2.45, 2.75) is 25.7 Å². The van der Waals surface area contributed by atoms with Crippen molar-refractivity contribution in [3.05, 3.63) is 22.9 Å². The van der Waals surface area contributed by atoms with Crippen molar-refractivity contribution < 1.29 is 27.8 Å². The van der Waals surface area contributed by atoms with Gasteiger partial charge in [-0.1, -0.05) is 0 Å². The minimum Gasteiger partial charge on any atom is -0.465 e. The zero-order valence-electron chi connectivity index (χ0n) is 12.4. The number of rotatable bonds is 0. The van der Waals surface area contributed by atoms with Crippen LogP contribution in [0.3, 0.4) is 0 Å². The van der Waals surface area contributed by atoms with Gasteiger partial charge in [0.05, 0.1) is 30.5 Å². The van der Waals surface area contributed by atoms with Crippen LogP contribution in [0.2, 0.25) is 0 Å². The van der Waals surface area contributed by atoms with E-state index in [1.807, 2.05) is 4.90 Å². The number of carbonyl (C=O) groups is 1. The molecule has 9 heteroatoms. The van der Waals surface area contributed by atoms with E-state index in [1.54, 1.807) is 0 Å². The van der Waals surface area contributed by atoms with Crippen LogP contribution in [0.1, 0.15) is 16.8 Å². The number of aromatic nitrogens is 1. The summed E-state index contributed by atoms with van der Waals surface area (Å²) in [4.78, 5) is 18.4. The molecule has 23 heavy (non-hydrogen) atoms. The Morgan fingerprint density at radius 3 is 2.83 bits per heavy atom. The molecule has 0 bridgehead atoms. The number of amides is 1. The van der Waals surface area contributed by atoms with E-state index in [1.165, 1.54) is 11.8 Å². The van der Waals surface area contributed by atoms with Crippen molar-refractivity contribution in [2.75, 3.05) is 31.1 Å². The van der Waals surface area contributed by atoms with Gasteiger partial charge in [0.15, 0.2) is 0 Å². The van der Waals surface area contributed by atoms with Gasteiger partial charge in [-0.3, -0.25) is 0 Å². The fourth-order valence-electron chi connectivity index (χ4n) is 3.03. The molecular formula is C14H16F3N3O3. The van der Waals surface area contributed by atoms with Crippen LogP contribution in [0.5, 0.6) is 0 Å². The van der Waals surface area contributed by atoms with Gasteiger partial charge in [-0.2, -0.15) is 13.2 Å². The van der Waals surface area contributed by atoms with E-state index in [0.717, 1.165) is 6.07 Å². The van der Waals surface area contributed by atoms with Crippen LogP contribution in [0, 0.1) is 6.92 Å². The predicted molar refractivity (Wildman–Crippen MR) is 74.4 cm³/mol. The SMILES string of the molecule is Cc1nc2c(cc1C(F)(F)F)COC[C@H]1CN(C(=O)O)CCN21. The van der Waals surface area contributed by atoms with Crippen molar-refractivity contribution in [1.82, 2.24) is 9.88 Å². The van der Waals surface area contributed by atoms with E-state index in [4.69, 9.17) is 9.84 Å². The molecule has 6 nitrogen and oxygen atoms in total. The number of fused-ring (bicyclic) bond motifs is 3. The van der Waals surface area contributed by atoms with E-state index in [0.29, 0.717) is 17.9 Å². The number of nitrogens with zero attached hydrogens (tertiary/aromatic N) is 3. The molecule has 0 unspecified atom stereocenters. The molecule has 1 aromatic rings. The summed E-state index contributed by atoms with van der Waals surface area (Å²) in [7, 11) is 0. The number of anilines is 1. The summed E-state index contributed by atoms with van der Waals surface area (Å²) in [5.74, 6) is 0.461. The first kappa shape index (κ1) is 15.9. The van der Waals surface area contributed by atoms with E-state index < -0.39 is 17.8 Å². The Bertz CT molecular complexity index is 636. The molecular weight excluding hydrogens is 315 g/mol. The molecule has 2 aliphatic rings. The number of piperazine rings is 1. The van der Waals surface area contributed by atoms with Crippen LogP contribution in [0.4, 0.5) is 23.8 Å². The Hall–Kier alpha value is -2.03. The molecule has 1 atom stereocenters. The largest absolute Gasteiger partial charge is 0.465 e. The molecule has 1 amide bonds. The summed E-state index contributed by atoms with van der Waals surface area (Å²) in [6.07, 6.45) is -5.47. The van der Waals surface area contributed by atoms with Crippen molar-refractivity contribution in [2.24, 2.45) is 0 Å². The molecule has 0 aliphatic carbocycles. The third-order valence-electron chi connectivity index (χ3n) is 4.17. The summed E-state index contributed by atoms with van der Waals surface area (Å²) in [6.45, 7) is 2.53. The summed E-state index contributed by atoms with van der Waals surface area (Å²) in [5, 5.41) is 9.09. The molecule has 3 rings (SSSR count).